The molecule has 0 amide bonds. The van der Waals surface area contributed by atoms with Gasteiger partial charge in [-0.3, -0.25) is 4.98 Å². The van der Waals surface area contributed by atoms with Crippen molar-refractivity contribution in [2.75, 3.05) is 7.11 Å². The summed E-state index contributed by atoms with van der Waals surface area (Å²) in [6.45, 7) is 13.9. The summed E-state index contributed by atoms with van der Waals surface area (Å²) in [6, 6.07) is 9.65. The van der Waals surface area contributed by atoms with Crippen molar-refractivity contribution in [1.82, 2.24) is 9.97 Å². The van der Waals surface area contributed by atoms with E-state index in [1.165, 1.54) is 7.11 Å². The van der Waals surface area contributed by atoms with Crippen LogP contribution in [0.2, 0.25) is 5.02 Å². The molecule has 0 aliphatic rings. The number of benzene rings is 1. The first-order chi connectivity index (χ1) is 13.9. The third-order valence-electron chi connectivity index (χ3n) is 4.21. The Morgan fingerprint density at radius 2 is 1.76 bits per heavy atom. The Balaban J connectivity index is 0.000000989. The molecule has 4 nitrogen and oxygen atoms in total. The molecule has 0 unspecified atom stereocenters. The van der Waals surface area contributed by atoms with Gasteiger partial charge >= 0.3 is 5.97 Å². The molecule has 0 aliphatic carbocycles. The predicted octanol–water partition coefficient (Wildman–Crippen LogP) is 7.22. The molecule has 5 heteroatoms. The monoisotopic (exact) mass is 414 g/mol. The van der Waals surface area contributed by atoms with Gasteiger partial charge in [-0.05, 0) is 42.2 Å². The number of halogens is 1. The van der Waals surface area contributed by atoms with E-state index < -0.39 is 5.97 Å². The fraction of sp³-hybridized carbons (Fsp3) is 0.375. The summed E-state index contributed by atoms with van der Waals surface area (Å²) in [5, 5.41) is 1.62. The van der Waals surface area contributed by atoms with Crippen molar-refractivity contribution < 1.29 is 9.53 Å². The molecule has 2 aromatic heterocycles. The zero-order chi connectivity index (χ0) is 22.1. The molecule has 0 radical (unpaired) electrons. The zero-order valence-corrected chi connectivity index (χ0v) is 19.4. The van der Waals surface area contributed by atoms with Crippen LogP contribution in [0.5, 0.6) is 0 Å². The van der Waals surface area contributed by atoms with Crippen molar-refractivity contribution in [3.63, 3.8) is 0 Å². The fourth-order valence-electron chi connectivity index (χ4n) is 2.99. The molecule has 0 N–H and O–H groups in total. The summed E-state index contributed by atoms with van der Waals surface area (Å²) < 4.78 is 4.88. The van der Waals surface area contributed by atoms with E-state index in [0.29, 0.717) is 10.7 Å². The number of methoxy groups -OCH3 is 1. The third kappa shape index (κ3) is 5.33. The number of hydrogen-bond acceptors (Lipinski definition) is 4. The highest BCUT2D eigenvalue weighted by atomic mass is 35.5. The van der Waals surface area contributed by atoms with Gasteiger partial charge in [-0.2, -0.15) is 0 Å². The van der Waals surface area contributed by atoms with Crippen LogP contribution in [-0.4, -0.2) is 23.0 Å². The highest BCUT2D eigenvalue weighted by molar-refractivity contribution is 6.30. The number of nitrogens with zero attached hydrogens (tertiary/aromatic N) is 2. The predicted molar refractivity (Wildman–Crippen MR) is 123 cm³/mol. The number of aromatic nitrogens is 2. The van der Waals surface area contributed by atoms with Crippen molar-refractivity contribution in [3.8, 4) is 11.1 Å². The first kappa shape index (κ1) is 24.6. The summed E-state index contributed by atoms with van der Waals surface area (Å²) in [5.41, 5.74) is 4.61. The van der Waals surface area contributed by atoms with Crippen molar-refractivity contribution in [1.29, 1.82) is 0 Å². The van der Waals surface area contributed by atoms with Crippen molar-refractivity contribution >= 4 is 28.5 Å². The molecule has 0 saturated carbocycles. The van der Waals surface area contributed by atoms with Crippen LogP contribution in [0, 0.1) is 6.92 Å². The van der Waals surface area contributed by atoms with Gasteiger partial charge in [0.05, 0.1) is 18.3 Å². The summed E-state index contributed by atoms with van der Waals surface area (Å²) in [5.74, 6) is -0.329. The average Bonchev–Trinajstić information content (AvgIpc) is 2.76. The topological polar surface area (TPSA) is 52.1 Å². The molecule has 0 aliphatic heterocycles. The van der Waals surface area contributed by atoms with Crippen LogP contribution in [0.15, 0.2) is 36.5 Å². The van der Waals surface area contributed by atoms with Crippen LogP contribution < -0.4 is 0 Å². The molecular formula is C24H31ClN2O2. The molecule has 0 spiro atoms. The summed E-state index contributed by atoms with van der Waals surface area (Å²) >= 11 is 6.17. The lowest BCUT2D eigenvalue weighted by atomic mass is 9.94. The van der Waals surface area contributed by atoms with E-state index in [2.05, 4.69) is 9.97 Å². The molecule has 29 heavy (non-hydrogen) atoms. The van der Waals surface area contributed by atoms with E-state index in [0.717, 1.165) is 33.3 Å². The van der Waals surface area contributed by atoms with E-state index in [-0.39, 0.29) is 5.92 Å². The van der Waals surface area contributed by atoms with Gasteiger partial charge in [0.25, 0.3) is 0 Å². The van der Waals surface area contributed by atoms with Crippen molar-refractivity contribution in [2.24, 2.45) is 0 Å². The van der Waals surface area contributed by atoms with Crippen LogP contribution in [0.25, 0.3) is 22.0 Å². The van der Waals surface area contributed by atoms with Crippen molar-refractivity contribution in [2.45, 2.75) is 54.4 Å². The number of rotatable bonds is 3. The summed E-state index contributed by atoms with van der Waals surface area (Å²) in [6.07, 6.45) is 1.75. The van der Waals surface area contributed by atoms with Gasteiger partial charge in [-0.15, -0.1) is 0 Å². The van der Waals surface area contributed by atoms with Gasteiger partial charge in [0, 0.05) is 22.2 Å². The number of carbonyl (C=O) groups is 1. The lowest BCUT2D eigenvalue weighted by Gasteiger charge is -2.17. The number of carbonyl (C=O) groups excluding carboxylic acids is 1. The molecule has 2 heterocycles. The lowest BCUT2D eigenvalue weighted by molar-refractivity contribution is 0.0593. The minimum atomic E-state index is -0.448. The number of fused-ring (bicyclic) bond motifs is 1. The number of aryl methyl sites for hydroxylation is 1. The summed E-state index contributed by atoms with van der Waals surface area (Å²) in [7, 11) is 1.36. The molecule has 156 valence electrons. The van der Waals surface area contributed by atoms with Crippen LogP contribution in [0.4, 0.5) is 0 Å². The fourth-order valence-corrected chi connectivity index (χ4v) is 3.18. The maximum absolute atomic E-state index is 12.1. The molecule has 0 bridgehead atoms. The standard InChI is InChI=1S/C20H19ClN2O2.2C2H6/c1-11(2)17-16-15(13-6-5-7-14(21)10-13)8-9-22-18(16)12(3)19(23-17)20(24)25-4;2*1-2/h5-11H,1-4H3;2*1-2H3. The van der Waals surface area contributed by atoms with Gasteiger partial charge < -0.3 is 4.74 Å². The first-order valence-electron chi connectivity index (χ1n) is 10.1. The highest BCUT2D eigenvalue weighted by Gasteiger charge is 2.21. The van der Waals surface area contributed by atoms with Crippen LogP contribution in [-0.2, 0) is 4.74 Å². The maximum Gasteiger partial charge on any atom is 0.357 e. The molecule has 3 rings (SSSR count). The SMILES string of the molecule is CC.CC.COC(=O)c1nc(C(C)C)c2c(-c3cccc(Cl)c3)ccnc2c1C. The largest absolute Gasteiger partial charge is 0.464 e. The average molecular weight is 415 g/mol. The van der Waals surface area contributed by atoms with E-state index in [4.69, 9.17) is 16.3 Å². The Kier molecular flexibility index (Phi) is 9.76. The Labute approximate surface area is 179 Å². The maximum atomic E-state index is 12.1. The number of esters is 1. The Morgan fingerprint density at radius 1 is 1.10 bits per heavy atom. The molecule has 0 atom stereocenters. The van der Waals surface area contributed by atoms with Crippen LogP contribution >= 0.6 is 11.6 Å². The van der Waals surface area contributed by atoms with E-state index in [1.807, 2.05) is 78.8 Å². The Bertz CT molecular complexity index is 968. The molecule has 0 saturated heterocycles. The normalized spacial score (nSPS) is 10.0. The second-order valence-electron chi connectivity index (χ2n) is 6.21. The number of ether oxygens (including phenoxy) is 1. The Hall–Kier alpha value is -2.46. The first-order valence-corrected chi connectivity index (χ1v) is 10.4. The minimum Gasteiger partial charge on any atom is -0.464 e. The molecular weight excluding hydrogens is 384 g/mol. The highest BCUT2D eigenvalue weighted by Crippen LogP contribution is 2.35. The minimum absolute atomic E-state index is 0.119. The third-order valence-corrected chi connectivity index (χ3v) is 4.45. The number of hydrogen-bond donors (Lipinski definition) is 0. The van der Waals surface area contributed by atoms with E-state index >= 15 is 0 Å². The quantitative estimate of drug-likeness (QED) is 0.424. The van der Waals surface area contributed by atoms with Gasteiger partial charge in [-0.1, -0.05) is 65.3 Å². The second kappa shape index (κ2) is 11.5. The summed E-state index contributed by atoms with van der Waals surface area (Å²) in [4.78, 5) is 21.3. The lowest BCUT2D eigenvalue weighted by Crippen LogP contribution is -2.11. The van der Waals surface area contributed by atoms with Crippen molar-refractivity contribution in [3.05, 3.63) is 58.5 Å². The zero-order valence-electron chi connectivity index (χ0n) is 18.6. The molecule has 1 aromatic carbocycles. The van der Waals surface area contributed by atoms with Gasteiger partial charge in [0.1, 0.15) is 0 Å². The van der Waals surface area contributed by atoms with E-state index in [1.54, 1.807) is 6.20 Å². The van der Waals surface area contributed by atoms with Gasteiger partial charge in [0.2, 0.25) is 0 Å². The van der Waals surface area contributed by atoms with E-state index in [9.17, 15) is 4.79 Å². The van der Waals surface area contributed by atoms with Crippen LogP contribution in [0.3, 0.4) is 0 Å². The second-order valence-corrected chi connectivity index (χ2v) is 6.65. The van der Waals surface area contributed by atoms with Gasteiger partial charge in [-0.25, -0.2) is 9.78 Å². The molecule has 0 fully saturated rings. The molecule has 3 aromatic rings. The smallest absolute Gasteiger partial charge is 0.357 e. The van der Waals surface area contributed by atoms with Crippen LogP contribution in [0.1, 0.15) is 69.2 Å². The van der Waals surface area contributed by atoms with Gasteiger partial charge in [0.15, 0.2) is 5.69 Å². The number of pyridine rings is 2. The Morgan fingerprint density at radius 3 is 2.31 bits per heavy atom.